The van der Waals surface area contributed by atoms with Gasteiger partial charge in [0.2, 0.25) is 0 Å². The fourth-order valence-electron chi connectivity index (χ4n) is 4.12. The van der Waals surface area contributed by atoms with E-state index in [0.29, 0.717) is 30.0 Å². The number of nitrogens with one attached hydrogen (secondary N) is 2. The number of carbonyl (C=O) groups excluding carboxylic acids is 1. The first-order valence-electron chi connectivity index (χ1n) is 13.0. The van der Waals surface area contributed by atoms with Crippen molar-refractivity contribution in [3.8, 4) is 5.75 Å². The van der Waals surface area contributed by atoms with Crippen molar-refractivity contribution in [2.24, 2.45) is 0 Å². The number of ether oxygens (including phenoxy) is 2. The van der Waals surface area contributed by atoms with Crippen LogP contribution in [0.5, 0.6) is 5.75 Å². The van der Waals surface area contributed by atoms with Crippen LogP contribution < -0.4 is 14.8 Å². The van der Waals surface area contributed by atoms with E-state index in [0.717, 1.165) is 11.0 Å². The number of aromatic nitrogens is 2. The minimum absolute atomic E-state index is 0.165. The van der Waals surface area contributed by atoms with Crippen LogP contribution in [0, 0.1) is 0 Å². The fourth-order valence-corrected chi connectivity index (χ4v) is 5.19. The Morgan fingerprint density at radius 3 is 2.60 bits per heavy atom. The van der Waals surface area contributed by atoms with Gasteiger partial charge in [0.05, 0.1) is 35.0 Å². The second-order valence-corrected chi connectivity index (χ2v) is 11.6. The normalized spacial score (nSPS) is 12.7. The number of β-amino-alcohol motifs (C(OH)–C–C–N with tert-alkyl or cyclic N) is 1. The summed E-state index contributed by atoms with van der Waals surface area (Å²) < 4.78 is 39.9. The smallest absolute Gasteiger partial charge is 0.434 e. The average molecular weight is 567 g/mol. The van der Waals surface area contributed by atoms with E-state index in [2.05, 4.69) is 15.0 Å². The van der Waals surface area contributed by atoms with Crippen molar-refractivity contribution in [1.29, 1.82) is 0 Å². The molecular weight excluding hydrogens is 532 g/mol. The molecule has 212 valence electrons. The number of fused-ring (bicyclic) bond motifs is 1. The van der Waals surface area contributed by atoms with Crippen LogP contribution in [-0.2, 0) is 21.3 Å². The minimum Gasteiger partial charge on any atom is -0.434 e. The predicted octanol–water partition coefficient (Wildman–Crippen LogP) is 4.86. The van der Waals surface area contributed by atoms with E-state index in [1.54, 1.807) is 73.9 Å². The maximum Gasteiger partial charge on any atom is 0.513 e. The number of anilines is 1. The van der Waals surface area contributed by atoms with Gasteiger partial charge in [-0.1, -0.05) is 30.3 Å². The Balaban J connectivity index is 1.35. The van der Waals surface area contributed by atoms with Gasteiger partial charge in [-0.05, 0) is 69.2 Å². The Hall–Kier alpha value is -3.93. The standard InChI is InChI=1S/C29H34N4O6S/c1-4-38-28(35)39-23-13-14-25-26(18-23)33(20-30-25)16-15-29(2,3)31-19-27(34)21-9-8-10-22(17-21)32-40(36,37)24-11-6-5-7-12-24/h5-14,17-18,20,27,31-32,34H,4,15-16,19H2,1-3H3. The Labute approximate surface area is 234 Å². The van der Waals surface area contributed by atoms with Crippen LogP contribution in [0.1, 0.15) is 38.9 Å². The lowest BCUT2D eigenvalue weighted by Crippen LogP contribution is -2.42. The van der Waals surface area contributed by atoms with Crippen LogP contribution in [0.2, 0.25) is 0 Å². The number of rotatable bonds is 12. The van der Waals surface area contributed by atoms with Crippen molar-refractivity contribution in [3.05, 3.63) is 84.7 Å². The number of benzene rings is 3. The summed E-state index contributed by atoms with van der Waals surface area (Å²) in [5.74, 6) is 0.376. The summed E-state index contributed by atoms with van der Waals surface area (Å²) in [5.41, 5.74) is 2.22. The van der Waals surface area contributed by atoms with Gasteiger partial charge in [0.25, 0.3) is 10.0 Å². The van der Waals surface area contributed by atoms with E-state index >= 15 is 0 Å². The molecule has 0 spiro atoms. The molecule has 3 aromatic carbocycles. The largest absolute Gasteiger partial charge is 0.513 e. The van der Waals surface area contributed by atoms with Crippen LogP contribution in [0.3, 0.4) is 0 Å². The van der Waals surface area contributed by atoms with Gasteiger partial charge in [0.1, 0.15) is 5.75 Å². The van der Waals surface area contributed by atoms with Crippen molar-refractivity contribution < 1.29 is 27.8 Å². The highest BCUT2D eigenvalue weighted by Gasteiger charge is 2.21. The van der Waals surface area contributed by atoms with Gasteiger partial charge in [0, 0.05) is 30.4 Å². The molecule has 0 bridgehead atoms. The molecule has 1 aromatic heterocycles. The number of aryl methyl sites for hydroxylation is 1. The summed E-state index contributed by atoms with van der Waals surface area (Å²) >= 11 is 0. The van der Waals surface area contributed by atoms with Gasteiger partial charge in [-0.2, -0.15) is 0 Å². The van der Waals surface area contributed by atoms with Crippen molar-refractivity contribution >= 4 is 32.9 Å². The molecular formula is C29H34N4O6S. The summed E-state index contributed by atoms with van der Waals surface area (Å²) in [6.07, 6.45) is 0.851. The third-order valence-electron chi connectivity index (χ3n) is 6.38. The van der Waals surface area contributed by atoms with Gasteiger partial charge in [-0.15, -0.1) is 0 Å². The molecule has 0 saturated heterocycles. The molecule has 0 radical (unpaired) electrons. The predicted molar refractivity (Wildman–Crippen MR) is 153 cm³/mol. The average Bonchev–Trinajstić information content (AvgIpc) is 3.33. The summed E-state index contributed by atoms with van der Waals surface area (Å²) in [6.45, 7) is 6.92. The Morgan fingerprint density at radius 1 is 1.07 bits per heavy atom. The molecule has 0 aliphatic heterocycles. The van der Waals surface area contributed by atoms with Crippen molar-refractivity contribution in [2.75, 3.05) is 17.9 Å². The SMILES string of the molecule is CCOC(=O)Oc1ccc2ncn(CCC(C)(C)NCC(O)c3cccc(NS(=O)(=O)c4ccccc4)c3)c2c1. The molecule has 4 aromatic rings. The van der Waals surface area contributed by atoms with Gasteiger partial charge in [0.15, 0.2) is 0 Å². The molecule has 1 heterocycles. The Bertz CT molecular complexity index is 1550. The molecule has 1 atom stereocenters. The summed E-state index contributed by atoms with van der Waals surface area (Å²) in [4.78, 5) is 16.3. The minimum atomic E-state index is -3.73. The van der Waals surface area contributed by atoms with Crippen LogP contribution in [0.25, 0.3) is 11.0 Å². The topological polar surface area (TPSA) is 132 Å². The molecule has 4 rings (SSSR count). The van der Waals surface area contributed by atoms with Crippen molar-refractivity contribution in [3.63, 3.8) is 0 Å². The molecule has 3 N–H and O–H groups in total. The Kier molecular flexibility index (Phi) is 9.08. The summed E-state index contributed by atoms with van der Waals surface area (Å²) in [7, 11) is -3.73. The number of hydrogen-bond acceptors (Lipinski definition) is 8. The van der Waals surface area contributed by atoms with E-state index in [1.165, 1.54) is 12.1 Å². The highest BCUT2D eigenvalue weighted by atomic mass is 32.2. The third-order valence-corrected chi connectivity index (χ3v) is 7.78. The van der Waals surface area contributed by atoms with Crippen molar-refractivity contribution in [2.45, 2.75) is 50.3 Å². The molecule has 0 amide bonds. The highest BCUT2D eigenvalue weighted by Crippen LogP contribution is 2.24. The highest BCUT2D eigenvalue weighted by molar-refractivity contribution is 7.92. The zero-order valence-corrected chi connectivity index (χ0v) is 23.5. The van der Waals surface area contributed by atoms with E-state index in [9.17, 15) is 18.3 Å². The molecule has 10 nitrogen and oxygen atoms in total. The molecule has 40 heavy (non-hydrogen) atoms. The summed E-state index contributed by atoms with van der Waals surface area (Å²) in [5, 5.41) is 14.3. The van der Waals surface area contributed by atoms with Gasteiger partial charge in [-0.3, -0.25) is 4.72 Å². The molecule has 0 fully saturated rings. The first kappa shape index (κ1) is 29.1. The van der Waals surface area contributed by atoms with Gasteiger partial charge >= 0.3 is 6.16 Å². The zero-order valence-electron chi connectivity index (χ0n) is 22.7. The quantitative estimate of drug-likeness (QED) is 0.164. The maximum atomic E-state index is 12.7. The lowest BCUT2D eigenvalue weighted by Gasteiger charge is -2.28. The zero-order chi connectivity index (χ0) is 28.8. The van der Waals surface area contributed by atoms with Crippen LogP contribution in [0.15, 0.2) is 84.0 Å². The maximum absolute atomic E-state index is 12.7. The van der Waals surface area contributed by atoms with E-state index in [1.807, 2.05) is 18.4 Å². The van der Waals surface area contributed by atoms with Crippen LogP contribution in [-0.4, -0.2) is 47.9 Å². The molecule has 1 unspecified atom stereocenters. The monoisotopic (exact) mass is 566 g/mol. The van der Waals surface area contributed by atoms with E-state index < -0.39 is 22.3 Å². The number of carbonyl (C=O) groups is 1. The van der Waals surface area contributed by atoms with E-state index in [4.69, 9.17) is 9.47 Å². The van der Waals surface area contributed by atoms with E-state index in [-0.39, 0.29) is 23.6 Å². The second kappa shape index (κ2) is 12.5. The van der Waals surface area contributed by atoms with Crippen molar-refractivity contribution in [1.82, 2.24) is 14.9 Å². The molecule has 0 aliphatic carbocycles. The Morgan fingerprint density at radius 2 is 1.85 bits per heavy atom. The number of aliphatic hydroxyl groups excluding tert-OH is 1. The molecule has 0 aliphatic rings. The lowest BCUT2D eigenvalue weighted by molar-refractivity contribution is 0.104. The first-order valence-corrected chi connectivity index (χ1v) is 14.4. The number of sulfonamides is 1. The van der Waals surface area contributed by atoms with Crippen LogP contribution >= 0.6 is 0 Å². The first-order chi connectivity index (χ1) is 19.1. The number of imidazole rings is 1. The fraction of sp³-hybridized carbons (Fsp3) is 0.310. The lowest BCUT2D eigenvalue weighted by atomic mass is 9.99. The number of aliphatic hydroxyl groups is 1. The molecule has 11 heteroatoms. The summed E-state index contributed by atoms with van der Waals surface area (Å²) in [6, 6.07) is 20.1. The van der Waals surface area contributed by atoms with Crippen LogP contribution in [0.4, 0.5) is 10.5 Å². The number of hydrogen-bond donors (Lipinski definition) is 3. The molecule has 0 saturated carbocycles. The number of nitrogens with zero attached hydrogens (tertiary/aromatic N) is 2. The third kappa shape index (κ3) is 7.59. The van der Waals surface area contributed by atoms with Gasteiger partial charge in [-0.25, -0.2) is 18.2 Å². The van der Waals surface area contributed by atoms with Gasteiger partial charge < -0.3 is 24.5 Å². The second-order valence-electron chi connectivity index (χ2n) is 9.95.